The van der Waals surface area contributed by atoms with E-state index < -0.39 is 5.97 Å². The Morgan fingerprint density at radius 3 is 1.80 bits per heavy atom. The van der Waals surface area contributed by atoms with E-state index in [0.29, 0.717) is 38.1 Å². The Balaban J connectivity index is 3.53. The minimum absolute atomic E-state index is 0.209. The molecule has 0 amide bonds. The number of carbonyl (C=O) groups excluding carboxylic acids is 1. The quantitative estimate of drug-likeness (QED) is 0.256. The fourth-order valence-electron chi connectivity index (χ4n) is 1.38. The number of benzene rings is 1. The molecular weight excluding hydrogens is 460 g/mol. The van der Waals surface area contributed by atoms with Crippen molar-refractivity contribution in [1.29, 1.82) is 0 Å². The maximum atomic E-state index is 11.5. The van der Waals surface area contributed by atoms with Crippen molar-refractivity contribution in [3.05, 3.63) is 26.1 Å². The lowest BCUT2D eigenvalue weighted by Crippen LogP contribution is -2.09. The van der Waals surface area contributed by atoms with E-state index in [-0.39, 0.29) is 5.75 Å². The maximum absolute atomic E-state index is 11.5. The van der Waals surface area contributed by atoms with Gasteiger partial charge in [0.25, 0.3) is 0 Å². The molecule has 20 heavy (non-hydrogen) atoms. The molecule has 0 aliphatic rings. The first-order valence-electron chi connectivity index (χ1n) is 5.78. The van der Waals surface area contributed by atoms with Crippen LogP contribution in [-0.4, -0.2) is 19.2 Å². The predicted octanol–water partition coefficient (Wildman–Crippen LogP) is 4.86. The second kappa shape index (κ2) is 8.05. The van der Waals surface area contributed by atoms with Crippen LogP contribution in [0.15, 0.2) is 26.1 Å². The molecule has 0 unspecified atom stereocenters. The summed E-state index contributed by atoms with van der Waals surface area (Å²) in [7, 11) is 0. The van der Waals surface area contributed by atoms with E-state index in [4.69, 9.17) is 14.2 Å². The van der Waals surface area contributed by atoms with E-state index in [0.717, 1.165) is 6.08 Å². The molecule has 0 bridgehead atoms. The molecule has 1 rings (SSSR count). The third-order valence-electron chi connectivity index (χ3n) is 2.14. The van der Waals surface area contributed by atoms with Gasteiger partial charge in [0.1, 0.15) is 0 Å². The number of halogens is 3. The van der Waals surface area contributed by atoms with Crippen LogP contribution in [-0.2, 0) is 4.79 Å². The molecule has 0 aromatic heterocycles. The van der Waals surface area contributed by atoms with Gasteiger partial charge in [0.15, 0.2) is 11.5 Å². The fourth-order valence-corrected chi connectivity index (χ4v) is 2.99. The van der Waals surface area contributed by atoms with E-state index in [1.54, 1.807) is 0 Å². The Bertz CT molecular complexity index is 496. The molecule has 0 radical (unpaired) electrons. The van der Waals surface area contributed by atoms with Crippen molar-refractivity contribution < 1.29 is 19.0 Å². The van der Waals surface area contributed by atoms with Crippen molar-refractivity contribution in [1.82, 2.24) is 0 Å². The summed E-state index contributed by atoms with van der Waals surface area (Å²) in [6.45, 7) is 7.88. The van der Waals surface area contributed by atoms with Crippen molar-refractivity contribution in [3.63, 3.8) is 0 Å². The van der Waals surface area contributed by atoms with E-state index in [2.05, 4.69) is 54.4 Å². The first kappa shape index (κ1) is 17.5. The first-order valence-corrected chi connectivity index (χ1v) is 8.16. The molecule has 110 valence electrons. The Morgan fingerprint density at radius 2 is 1.45 bits per heavy atom. The molecule has 7 heteroatoms. The van der Waals surface area contributed by atoms with E-state index >= 15 is 0 Å². The minimum Gasteiger partial charge on any atom is -0.489 e. The van der Waals surface area contributed by atoms with Crippen molar-refractivity contribution in [3.8, 4) is 17.2 Å². The topological polar surface area (TPSA) is 44.8 Å². The number of hydrogen-bond acceptors (Lipinski definition) is 4. The van der Waals surface area contributed by atoms with Crippen molar-refractivity contribution in [2.75, 3.05) is 13.2 Å². The number of hydrogen-bond donors (Lipinski definition) is 0. The highest BCUT2D eigenvalue weighted by molar-refractivity contribution is 9.14. The lowest BCUT2D eigenvalue weighted by molar-refractivity contribution is -0.129. The molecule has 0 saturated heterocycles. The van der Waals surface area contributed by atoms with Crippen molar-refractivity contribution in [2.24, 2.45) is 0 Å². The van der Waals surface area contributed by atoms with Crippen LogP contribution >= 0.6 is 47.8 Å². The van der Waals surface area contributed by atoms with Gasteiger partial charge in [-0.25, -0.2) is 4.79 Å². The van der Waals surface area contributed by atoms with Gasteiger partial charge in [-0.15, -0.1) is 0 Å². The number of esters is 1. The Hall–Kier alpha value is -0.530. The summed E-state index contributed by atoms with van der Waals surface area (Å²) in [5, 5.41) is 0. The van der Waals surface area contributed by atoms with Gasteiger partial charge in [-0.3, -0.25) is 0 Å². The Kier molecular flexibility index (Phi) is 7.05. The third-order valence-corrected chi connectivity index (χ3v) is 5.51. The van der Waals surface area contributed by atoms with Crippen LogP contribution < -0.4 is 14.2 Å². The normalized spacial score (nSPS) is 10.1. The van der Waals surface area contributed by atoms with Gasteiger partial charge >= 0.3 is 5.97 Å². The molecule has 0 spiro atoms. The molecule has 0 atom stereocenters. The van der Waals surface area contributed by atoms with Gasteiger partial charge in [0.2, 0.25) is 5.75 Å². The summed E-state index contributed by atoms with van der Waals surface area (Å²) in [5.41, 5.74) is 0. The average Bonchev–Trinajstić information content (AvgIpc) is 2.44. The summed E-state index contributed by atoms with van der Waals surface area (Å²) < 4.78 is 18.3. The highest BCUT2D eigenvalue weighted by Gasteiger charge is 2.25. The minimum atomic E-state index is -0.590. The summed E-state index contributed by atoms with van der Waals surface area (Å²) in [4.78, 5) is 11.5. The summed E-state index contributed by atoms with van der Waals surface area (Å²) in [5.74, 6) is 0.399. The first-order chi connectivity index (χ1) is 9.47. The lowest BCUT2D eigenvalue weighted by atomic mass is 10.3. The van der Waals surface area contributed by atoms with Crippen molar-refractivity contribution in [2.45, 2.75) is 13.8 Å². The van der Waals surface area contributed by atoms with Gasteiger partial charge < -0.3 is 14.2 Å². The number of ether oxygens (including phenoxy) is 3. The highest BCUT2D eigenvalue weighted by Crippen LogP contribution is 2.52. The Labute approximate surface area is 142 Å². The van der Waals surface area contributed by atoms with Crippen LogP contribution in [0, 0.1) is 0 Å². The highest BCUT2D eigenvalue weighted by atomic mass is 79.9. The standard InChI is InChI=1S/C13H13Br3O4/c1-4-7(17)20-13-11(18-5-2)9(15)8(14)10(16)12(13)19-6-3/h4H,1,5-6H2,2-3H3. The lowest BCUT2D eigenvalue weighted by Gasteiger charge is -2.18. The monoisotopic (exact) mass is 470 g/mol. The molecule has 1 aromatic rings. The van der Waals surface area contributed by atoms with Crippen LogP contribution in [0.5, 0.6) is 17.2 Å². The number of rotatable bonds is 6. The summed E-state index contributed by atoms with van der Waals surface area (Å²) in [6.07, 6.45) is 1.08. The van der Waals surface area contributed by atoms with Gasteiger partial charge in [-0.1, -0.05) is 6.58 Å². The third kappa shape index (κ3) is 3.77. The Morgan fingerprint density at radius 1 is 1.00 bits per heavy atom. The summed E-state index contributed by atoms with van der Waals surface area (Å²) in [6, 6.07) is 0. The molecule has 0 aliphatic heterocycles. The van der Waals surface area contributed by atoms with Crippen LogP contribution in [0.4, 0.5) is 0 Å². The maximum Gasteiger partial charge on any atom is 0.335 e. The predicted molar refractivity (Wildman–Crippen MR) is 87.7 cm³/mol. The largest absolute Gasteiger partial charge is 0.489 e. The fraction of sp³-hybridized carbons (Fsp3) is 0.308. The van der Waals surface area contributed by atoms with Gasteiger partial charge in [-0.05, 0) is 61.6 Å². The smallest absolute Gasteiger partial charge is 0.335 e. The molecule has 0 N–H and O–H groups in total. The molecule has 0 heterocycles. The molecule has 0 fully saturated rings. The zero-order valence-electron chi connectivity index (χ0n) is 11.0. The van der Waals surface area contributed by atoms with Crippen LogP contribution in [0.3, 0.4) is 0 Å². The van der Waals surface area contributed by atoms with Crippen LogP contribution in [0.25, 0.3) is 0 Å². The molecular formula is C13H13Br3O4. The van der Waals surface area contributed by atoms with Crippen molar-refractivity contribution >= 4 is 53.8 Å². The van der Waals surface area contributed by atoms with Gasteiger partial charge in [0, 0.05) is 6.08 Å². The van der Waals surface area contributed by atoms with E-state index in [1.807, 2.05) is 13.8 Å². The van der Waals surface area contributed by atoms with Crippen LogP contribution in [0.2, 0.25) is 0 Å². The summed E-state index contributed by atoms with van der Waals surface area (Å²) >= 11 is 10.2. The van der Waals surface area contributed by atoms with E-state index in [9.17, 15) is 4.79 Å². The molecule has 0 aliphatic carbocycles. The second-order valence-electron chi connectivity index (χ2n) is 3.42. The zero-order valence-corrected chi connectivity index (χ0v) is 15.7. The SMILES string of the molecule is C=CC(=O)Oc1c(OCC)c(Br)c(Br)c(Br)c1OCC. The molecule has 1 aromatic carbocycles. The molecule has 4 nitrogen and oxygen atoms in total. The van der Waals surface area contributed by atoms with Gasteiger partial charge in [-0.2, -0.15) is 0 Å². The van der Waals surface area contributed by atoms with Crippen LogP contribution in [0.1, 0.15) is 13.8 Å². The zero-order chi connectivity index (χ0) is 15.3. The average molecular weight is 473 g/mol. The second-order valence-corrected chi connectivity index (χ2v) is 5.80. The van der Waals surface area contributed by atoms with Gasteiger partial charge in [0.05, 0.1) is 26.6 Å². The van der Waals surface area contributed by atoms with E-state index in [1.165, 1.54) is 0 Å². The molecule has 0 saturated carbocycles. The number of carbonyl (C=O) groups is 1.